The first-order valence-electron chi connectivity index (χ1n) is 10.1. The molecule has 31 heavy (non-hydrogen) atoms. The number of rotatable bonds is 8. The fourth-order valence-corrected chi connectivity index (χ4v) is 3.44. The zero-order valence-electron chi connectivity index (χ0n) is 17.6. The number of hydrogen-bond donors (Lipinski definition) is 2. The van der Waals surface area contributed by atoms with E-state index in [1.807, 2.05) is 44.2 Å². The lowest BCUT2D eigenvalue weighted by atomic mass is 9.99. The summed E-state index contributed by atoms with van der Waals surface area (Å²) in [6.07, 6.45) is 0. The van der Waals surface area contributed by atoms with Crippen molar-refractivity contribution < 1.29 is 19.4 Å². The summed E-state index contributed by atoms with van der Waals surface area (Å²) < 4.78 is 6.02. The van der Waals surface area contributed by atoms with Crippen LogP contribution in [0.4, 0.5) is 5.69 Å². The van der Waals surface area contributed by atoms with Gasteiger partial charge in [-0.1, -0.05) is 68.4 Å². The van der Waals surface area contributed by atoms with Crippen molar-refractivity contribution in [3.8, 4) is 11.5 Å². The molecule has 0 saturated carbocycles. The van der Waals surface area contributed by atoms with Crippen LogP contribution in [0.3, 0.4) is 0 Å². The third kappa shape index (κ3) is 5.04. The highest BCUT2D eigenvalue weighted by molar-refractivity contribution is 6.11. The van der Waals surface area contributed by atoms with Crippen LogP contribution in [-0.4, -0.2) is 23.0 Å². The van der Waals surface area contributed by atoms with Crippen molar-refractivity contribution in [2.24, 2.45) is 11.7 Å². The van der Waals surface area contributed by atoms with Crippen molar-refractivity contribution in [3.05, 3.63) is 90.0 Å². The molecule has 3 aromatic carbocycles. The second-order valence-corrected chi connectivity index (χ2v) is 7.53. The number of amides is 2. The molecule has 0 saturated heterocycles. The predicted octanol–water partition coefficient (Wildman–Crippen LogP) is 4.13. The molecule has 0 spiro atoms. The van der Waals surface area contributed by atoms with E-state index in [0.29, 0.717) is 18.0 Å². The second kappa shape index (κ2) is 9.80. The Morgan fingerprint density at radius 3 is 2.19 bits per heavy atom. The van der Waals surface area contributed by atoms with Crippen LogP contribution in [-0.2, 0) is 11.4 Å². The molecular weight excluding hydrogens is 392 g/mol. The van der Waals surface area contributed by atoms with E-state index < -0.39 is 17.9 Å². The molecule has 0 fully saturated rings. The van der Waals surface area contributed by atoms with E-state index >= 15 is 0 Å². The molecule has 3 aromatic rings. The van der Waals surface area contributed by atoms with Gasteiger partial charge in [0.05, 0.1) is 11.3 Å². The van der Waals surface area contributed by atoms with Gasteiger partial charge in [0.15, 0.2) is 0 Å². The lowest BCUT2D eigenvalue weighted by Gasteiger charge is -2.33. The van der Waals surface area contributed by atoms with Gasteiger partial charge >= 0.3 is 0 Å². The van der Waals surface area contributed by atoms with Gasteiger partial charge in [0.1, 0.15) is 24.1 Å². The van der Waals surface area contributed by atoms with Gasteiger partial charge in [-0.05, 0) is 35.7 Å². The van der Waals surface area contributed by atoms with Crippen molar-refractivity contribution in [2.75, 3.05) is 4.90 Å². The third-order valence-corrected chi connectivity index (χ3v) is 4.92. The van der Waals surface area contributed by atoms with E-state index in [1.165, 1.54) is 17.0 Å². The largest absolute Gasteiger partial charge is 0.507 e. The van der Waals surface area contributed by atoms with E-state index in [0.717, 1.165) is 5.56 Å². The van der Waals surface area contributed by atoms with Crippen LogP contribution in [0.15, 0.2) is 78.9 Å². The molecule has 160 valence electrons. The van der Waals surface area contributed by atoms with Gasteiger partial charge in [0, 0.05) is 0 Å². The van der Waals surface area contributed by atoms with Gasteiger partial charge in [-0.3, -0.25) is 14.5 Å². The number of para-hydroxylation sites is 3. The Balaban J connectivity index is 2.06. The molecule has 0 heterocycles. The van der Waals surface area contributed by atoms with E-state index in [1.54, 1.807) is 36.4 Å². The topological polar surface area (TPSA) is 92.9 Å². The normalized spacial score (nSPS) is 11.7. The Morgan fingerprint density at radius 2 is 1.55 bits per heavy atom. The number of ether oxygens (including phenoxy) is 1. The van der Waals surface area contributed by atoms with Crippen molar-refractivity contribution in [1.82, 2.24) is 0 Å². The van der Waals surface area contributed by atoms with E-state index in [9.17, 15) is 14.7 Å². The first-order valence-corrected chi connectivity index (χ1v) is 10.1. The average Bonchev–Trinajstić information content (AvgIpc) is 2.76. The third-order valence-electron chi connectivity index (χ3n) is 4.92. The van der Waals surface area contributed by atoms with Crippen molar-refractivity contribution in [1.29, 1.82) is 0 Å². The molecule has 0 aliphatic heterocycles. The molecular formula is C25H26N2O4. The maximum atomic E-state index is 13.5. The Kier molecular flexibility index (Phi) is 6.92. The molecule has 1 atom stereocenters. The monoisotopic (exact) mass is 418 g/mol. The predicted molar refractivity (Wildman–Crippen MR) is 120 cm³/mol. The smallest absolute Gasteiger partial charge is 0.262 e. The Bertz CT molecular complexity index is 1050. The van der Waals surface area contributed by atoms with Gasteiger partial charge in [0.2, 0.25) is 5.91 Å². The van der Waals surface area contributed by atoms with Crippen LogP contribution in [0.1, 0.15) is 29.8 Å². The second-order valence-electron chi connectivity index (χ2n) is 7.53. The summed E-state index contributed by atoms with van der Waals surface area (Å²) in [6.45, 7) is 3.92. The first kappa shape index (κ1) is 21.9. The van der Waals surface area contributed by atoms with E-state index in [2.05, 4.69) is 0 Å². The maximum Gasteiger partial charge on any atom is 0.262 e. The molecule has 0 aliphatic carbocycles. The van der Waals surface area contributed by atoms with Crippen LogP contribution < -0.4 is 15.4 Å². The first-order chi connectivity index (χ1) is 14.9. The van der Waals surface area contributed by atoms with E-state index in [-0.39, 0.29) is 17.2 Å². The molecule has 3 rings (SSSR count). The standard InChI is InChI=1S/C25H26N2O4/c1-17(2)23(24(26)29)27(25(30)19-12-6-8-14-21(19)28)20-13-7-9-15-22(20)31-16-18-10-4-3-5-11-18/h3-15,17,23,28H,16H2,1-2H3,(H2,26,29)/t23-/m0/s1. The molecule has 6 heteroatoms. The molecule has 2 amide bonds. The summed E-state index contributed by atoms with van der Waals surface area (Å²) >= 11 is 0. The van der Waals surface area contributed by atoms with Crippen LogP contribution >= 0.6 is 0 Å². The number of carbonyl (C=O) groups is 2. The van der Waals surface area contributed by atoms with Crippen molar-refractivity contribution in [2.45, 2.75) is 26.5 Å². The minimum atomic E-state index is -0.936. The number of primary amides is 1. The molecule has 0 unspecified atom stereocenters. The lowest BCUT2D eigenvalue weighted by Crippen LogP contribution is -2.51. The zero-order chi connectivity index (χ0) is 22.4. The number of nitrogens with zero attached hydrogens (tertiary/aromatic N) is 1. The highest BCUT2D eigenvalue weighted by Crippen LogP contribution is 2.34. The number of carbonyl (C=O) groups excluding carboxylic acids is 2. The Morgan fingerprint density at radius 1 is 0.935 bits per heavy atom. The van der Waals surface area contributed by atoms with Crippen LogP contribution in [0.25, 0.3) is 0 Å². The van der Waals surface area contributed by atoms with Gasteiger partial charge in [0.25, 0.3) is 5.91 Å². The molecule has 3 N–H and O–H groups in total. The van der Waals surface area contributed by atoms with Crippen molar-refractivity contribution in [3.63, 3.8) is 0 Å². The van der Waals surface area contributed by atoms with Gasteiger partial charge in [-0.25, -0.2) is 0 Å². The van der Waals surface area contributed by atoms with E-state index in [4.69, 9.17) is 10.5 Å². The molecule has 0 aliphatic rings. The maximum absolute atomic E-state index is 13.5. The van der Waals surface area contributed by atoms with Gasteiger partial charge in [-0.15, -0.1) is 0 Å². The number of benzene rings is 3. The SMILES string of the molecule is CC(C)[C@@H](C(N)=O)N(C(=O)c1ccccc1O)c1ccccc1OCc1ccccc1. The number of nitrogens with two attached hydrogens (primary N) is 1. The summed E-state index contributed by atoms with van der Waals surface area (Å²) in [6, 6.07) is 21.9. The number of aromatic hydroxyl groups is 1. The van der Waals surface area contributed by atoms with Crippen LogP contribution in [0.2, 0.25) is 0 Å². The highest BCUT2D eigenvalue weighted by Gasteiger charge is 2.35. The Hall–Kier alpha value is -3.80. The number of phenolic OH excluding ortho intramolecular Hbond substituents is 1. The number of hydrogen-bond acceptors (Lipinski definition) is 4. The fourth-order valence-electron chi connectivity index (χ4n) is 3.44. The summed E-state index contributed by atoms with van der Waals surface area (Å²) in [4.78, 5) is 27.3. The summed E-state index contributed by atoms with van der Waals surface area (Å²) in [5, 5.41) is 10.3. The zero-order valence-corrected chi connectivity index (χ0v) is 17.6. The summed E-state index contributed by atoms with van der Waals surface area (Å²) in [5.41, 5.74) is 7.16. The van der Waals surface area contributed by atoms with Crippen LogP contribution in [0, 0.1) is 5.92 Å². The molecule has 0 radical (unpaired) electrons. The fraction of sp³-hybridized carbons (Fsp3) is 0.200. The molecule has 6 nitrogen and oxygen atoms in total. The van der Waals surface area contributed by atoms with Crippen molar-refractivity contribution >= 4 is 17.5 Å². The lowest BCUT2D eigenvalue weighted by molar-refractivity contribution is -0.120. The number of anilines is 1. The molecule has 0 aromatic heterocycles. The summed E-state index contributed by atoms with van der Waals surface area (Å²) in [7, 11) is 0. The minimum absolute atomic E-state index is 0.0762. The highest BCUT2D eigenvalue weighted by atomic mass is 16.5. The average molecular weight is 418 g/mol. The Labute approximate surface area is 181 Å². The quantitative estimate of drug-likeness (QED) is 0.575. The van der Waals surface area contributed by atoms with Gasteiger partial charge < -0.3 is 15.6 Å². The molecule has 0 bridgehead atoms. The summed E-state index contributed by atoms with van der Waals surface area (Å²) in [5.74, 6) is -1.19. The van der Waals surface area contributed by atoms with Gasteiger partial charge in [-0.2, -0.15) is 0 Å². The van der Waals surface area contributed by atoms with Crippen LogP contribution in [0.5, 0.6) is 11.5 Å². The minimum Gasteiger partial charge on any atom is -0.507 e. The number of phenols is 1.